The average Bonchev–Trinajstić information content (AvgIpc) is 2.58. The SMILES string of the molecule is COC(=O)[C@@H](N)Cc1ccc(-c2c(C(F)(F)F)cc(C)n(C)c2=O)c(C)c1. The molecule has 0 radical (unpaired) electrons. The van der Waals surface area contributed by atoms with Gasteiger partial charge in [0.1, 0.15) is 6.04 Å². The Bertz CT molecular complexity index is 933. The molecule has 1 aromatic carbocycles. The number of pyridine rings is 1. The monoisotopic (exact) mass is 382 g/mol. The summed E-state index contributed by atoms with van der Waals surface area (Å²) in [5.74, 6) is -0.580. The topological polar surface area (TPSA) is 74.3 Å². The third-order valence-corrected chi connectivity index (χ3v) is 4.50. The molecule has 0 aliphatic heterocycles. The molecule has 0 amide bonds. The molecule has 0 aliphatic rings. The summed E-state index contributed by atoms with van der Waals surface area (Å²) in [7, 11) is 2.66. The Labute approximate surface area is 154 Å². The van der Waals surface area contributed by atoms with E-state index >= 15 is 0 Å². The number of aromatic nitrogens is 1. The number of hydrogen-bond donors (Lipinski definition) is 1. The van der Waals surface area contributed by atoms with Crippen LogP contribution in [0.25, 0.3) is 11.1 Å². The second kappa shape index (κ2) is 7.56. The van der Waals surface area contributed by atoms with Crippen LogP contribution in [0.5, 0.6) is 0 Å². The third-order valence-electron chi connectivity index (χ3n) is 4.50. The van der Waals surface area contributed by atoms with Gasteiger partial charge in [0, 0.05) is 12.7 Å². The van der Waals surface area contributed by atoms with Gasteiger partial charge in [-0.05, 0) is 43.0 Å². The molecule has 1 heterocycles. The fourth-order valence-corrected chi connectivity index (χ4v) is 2.93. The summed E-state index contributed by atoms with van der Waals surface area (Å²) in [4.78, 5) is 24.0. The first-order chi connectivity index (χ1) is 12.5. The first-order valence-corrected chi connectivity index (χ1v) is 8.18. The number of carbonyl (C=O) groups excluding carboxylic acids is 1. The van der Waals surface area contributed by atoms with E-state index in [1.54, 1.807) is 19.1 Å². The van der Waals surface area contributed by atoms with Crippen molar-refractivity contribution in [3.8, 4) is 11.1 Å². The predicted octanol–water partition coefficient (Wildman–Crippen LogP) is 2.73. The van der Waals surface area contributed by atoms with E-state index in [1.807, 2.05) is 0 Å². The standard InChI is InChI=1S/C19H21F3N2O3/c1-10-7-12(9-15(23)18(26)27-4)5-6-13(10)16-14(19(20,21)22)8-11(2)24(3)17(16)25/h5-8,15H,9,23H2,1-4H3/t15-/m0/s1. The quantitative estimate of drug-likeness (QED) is 0.826. The van der Waals surface area contributed by atoms with Crippen LogP contribution in [-0.4, -0.2) is 23.7 Å². The number of esters is 1. The summed E-state index contributed by atoms with van der Waals surface area (Å²) in [5, 5.41) is 0. The number of halogens is 3. The van der Waals surface area contributed by atoms with E-state index in [2.05, 4.69) is 4.74 Å². The lowest BCUT2D eigenvalue weighted by Crippen LogP contribution is -2.33. The smallest absolute Gasteiger partial charge is 0.417 e. The molecule has 5 nitrogen and oxygen atoms in total. The van der Waals surface area contributed by atoms with Crippen molar-refractivity contribution in [1.29, 1.82) is 0 Å². The molecule has 0 bridgehead atoms. The summed E-state index contributed by atoms with van der Waals surface area (Å²) in [5.41, 5.74) is 5.20. The number of ether oxygens (including phenoxy) is 1. The zero-order valence-corrected chi connectivity index (χ0v) is 15.5. The molecule has 2 rings (SSSR count). The number of benzene rings is 1. The minimum absolute atomic E-state index is 0.172. The van der Waals surface area contributed by atoms with Crippen molar-refractivity contribution >= 4 is 5.97 Å². The van der Waals surface area contributed by atoms with Gasteiger partial charge in [-0.3, -0.25) is 9.59 Å². The van der Waals surface area contributed by atoms with Gasteiger partial charge >= 0.3 is 12.1 Å². The van der Waals surface area contributed by atoms with Crippen LogP contribution in [0.2, 0.25) is 0 Å². The minimum atomic E-state index is -4.66. The van der Waals surface area contributed by atoms with Gasteiger partial charge < -0.3 is 15.0 Å². The lowest BCUT2D eigenvalue weighted by molar-refractivity contribution is -0.142. The molecule has 146 valence electrons. The number of methoxy groups -OCH3 is 1. The molecule has 2 N–H and O–H groups in total. The summed E-state index contributed by atoms with van der Waals surface area (Å²) in [6, 6.07) is 4.73. The molecule has 0 unspecified atom stereocenters. The molecular weight excluding hydrogens is 361 g/mol. The molecule has 1 aromatic heterocycles. The van der Waals surface area contributed by atoms with Crippen LogP contribution in [0.3, 0.4) is 0 Å². The summed E-state index contributed by atoms with van der Waals surface area (Å²) >= 11 is 0. The Morgan fingerprint density at radius 3 is 2.41 bits per heavy atom. The Morgan fingerprint density at radius 2 is 1.89 bits per heavy atom. The number of alkyl halides is 3. The maximum Gasteiger partial charge on any atom is 0.417 e. The van der Waals surface area contributed by atoms with Gasteiger partial charge in [0.15, 0.2) is 0 Å². The van der Waals surface area contributed by atoms with E-state index in [0.717, 1.165) is 6.07 Å². The number of nitrogens with two attached hydrogens (primary N) is 1. The van der Waals surface area contributed by atoms with Crippen molar-refractivity contribution in [3.63, 3.8) is 0 Å². The Hall–Kier alpha value is -2.61. The molecule has 0 saturated heterocycles. The van der Waals surface area contributed by atoms with E-state index in [1.165, 1.54) is 31.7 Å². The zero-order valence-electron chi connectivity index (χ0n) is 15.5. The van der Waals surface area contributed by atoms with Gasteiger partial charge in [-0.2, -0.15) is 13.2 Å². The van der Waals surface area contributed by atoms with Crippen LogP contribution >= 0.6 is 0 Å². The first kappa shape index (κ1) is 20.7. The maximum absolute atomic E-state index is 13.5. The largest absolute Gasteiger partial charge is 0.468 e. The number of nitrogens with zero attached hydrogens (tertiary/aromatic N) is 1. The molecule has 0 saturated carbocycles. The predicted molar refractivity (Wildman–Crippen MR) is 95.3 cm³/mol. The van der Waals surface area contributed by atoms with E-state index in [4.69, 9.17) is 5.73 Å². The highest BCUT2D eigenvalue weighted by atomic mass is 19.4. The highest BCUT2D eigenvalue weighted by Crippen LogP contribution is 2.37. The van der Waals surface area contributed by atoms with Crippen LogP contribution in [0.4, 0.5) is 13.2 Å². The zero-order chi connectivity index (χ0) is 20.5. The van der Waals surface area contributed by atoms with Gasteiger partial charge in [0.25, 0.3) is 5.56 Å². The Kier molecular flexibility index (Phi) is 5.79. The molecular formula is C19H21F3N2O3. The second-order valence-electron chi connectivity index (χ2n) is 6.42. The second-order valence-corrected chi connectivity index (χ2v) is 6.42. The lowest BCUT2D eigenvalue weighted by Gasteiger charge is -2.18. The van der Waals surface area contributed by atoms with Gasteiger partial charge in [-0.1, -0.05) is 18.2 Å². The first-order valence-electron chi connectivity index (χ1n) is 8.18. The van der Waals surface area contributed by atoms with E-state index < -0.39 is 34.9 Å². The highest BCUT2D eigenvalue weighted by Gasteiger charge is 2.36. The van der Waals surface area contributed by atoms with Crippen LogP contribution < -0.4 is 11.3 Å². The van der Waals surface area contributed by atoms with Gasteiger partial charge in [0.2, 0.25) is 0 Å². The molecule has 0 spiro atoms. The molecule has 2 aromatic rings. The summed E-state index contributed by atoms with van der Waals surface area (Å²) in [6.07, 6.45) is -4.49. The van der Waals surface area contributed by atoms with Crippen LogP contribution in [-0.2, 0) is 29.2 Å². The van der Waals surface area contributed by atoms with Crippen LogP contribution in [0.1, 0.15) is 22.4 Å². The maximum atomic E-state index is 13.5. The average molecular weight is 382 g/mol. The van der Waals surface area contributed by atoms with E-state index in [0.29, 0.717) is 11.1 Å². The van der Waals surface area contributed by atoms with Gasteiger partial charge in [-0.25, -0.2) is 0 Å². The number of hydrogen-bond acceptors (Lipinski definition) is 4. The molecule has 8 heteroatoms. The van der Waals surface area contributed by atoms with Crippen molar-refractivity contribution in [2.24, 2.45) is 12.8 Å². The Morgan fingerprint density at radius 1 is 1.26 bits per heavy atom. The Balaban J connectivity index is 2.58. The van der Waals surface area contributed by atoms with Crippen molar-refractivity contribution in [1.82, 2.24) is 4.57 Å². The van der Waals surface area contributed by atoms with Crippen LogP contribution in [0, 0.1) is 13.8 Å². The van der Waals surface area contributed by atoms with E-state index in [-0.39, 0.29) is 17.7 Å². The molecule has 0 aliphatic carbocycles. The number of aryl methyl sites for hydroxylation is 2. The number of carbonyl (C=O) groups is 1. The number of rotatable bonds is 4. The van der Waals surface area contributed by atoms with Gasteiger partial charge in [-0.15, -0.1) is 0 Å². The summed E-state index contributed by atoms with van der Waals surface area (Å²) < 4.78 is 46.3. The minimum Gasteiger partial charge on any atom is -0.468 e. The highest BCUT2D eigenvalue weighted by molar-refractivity contribution is 5.76. The van der Waals surface area contributed by atoms with Crippen molar-refractivity contribution in [2.45, 2.75) is 32.5 Å². The summed E-state index contributed by atoms with van der Waals surface area (Å²) in [6.45, 7) is 3.06. The van der Waals surface area contributed by atoms with E-state index in [9.17, 15) is 22.8 Å². The fourth-order valence-electron chi connectivity index (χ4n) is 2.93. The van der Waals surface area contributed by atoms with Crippen molar-refractivity contribution < 1.29 is 22.7 Å². The normalized spacial score (nSPS) is 12.7. The molecule has 1 atom stereocenters. The van der Waals surface area contributed by atoms with Crippen LogP contribution in [0.15, 0.2) is 29.1 Å². The third kappa shape index (κ3) is 4.21. The lowest BCUT2D eigenvalue weighted by atomic mass is 9.93. The van der Waals surface area contributed by atoms with Crippen molar-refractivity contribution in [3.05, 3.63) is 57.0 Å². The fraction of sp³-hybridized carbons (Fsp3) is 0.368. The van der Waals surface area contributed by atoms with Gasteiger partial charge in [0.05, 0.1) is 18.2 Å². The molecule has 27 heavy (non-hydrogen) atoms. The van der Waals surface area contributed by atoms with Crippen molar-refractivity contribution in [2.75, 3.05) is 7.11 Å². The molecule has 0 fully saturated rings.